The molecule has 0 aliphatic heterocycles. The molecule has 0 saturated carbocycles. The molecule has 0 bridgehead atoms. The molecular formula is C8H8BFN2. The van der Waals surface area contributed by atoms with Crippen molar-refractivity contribution in [2.45, 2.75) is 0 Å². The number of nitrogens with zero attached hydrogens (tertiary/aromatic N) is 2. The smallest absolute Gasteiger partial charge is 0.143 e. The van der Waals surface area contributed by atoms with Gasteiger partial charge in [0.2, 0.25) is 0 Å². The molecule has 12 heavy (non-hydrogen) atoms. The topological polar surface area (TPSA) is 17.8 Å². The number of aromatic nitrogens is 2. The monoisotopic (exact) mass is 162 g/mol. The number of hydrogen-bond donors (Lipinski definition) is 0. The Labute approximate surface area is 70.4 Å². The first kappa shape index (κ1) is 7.34. The van der Waals surface area contributed by atoms with Gasteiger partial charge in [-0.2, -0.15) is 5.10 Å². The first-order valence-electron chi connectivity index (χ1n) is 3.76. The Bertz CT molecular complexity index is 436. The standard InChI is InChI=1S/C8H8BFN2/c1-12-8-3-7(10)6(9)2-5(8)4-11-12/h2-4H,9H2,1H3. The van der Waals surface area contributed by atoms with Crippen molar-refractivity contribution >= 4 is 24.2 Å². The van der Waals surface area contributed by atoms with Gasteiger partial charge in [-0.05, 0) is 6.07 Å². The zero-order chi connectivity index (χ0) is 8.72. The van der Waals surface area contributed by atoms with Crippen LogP contribution in [0.25, 0.3) is 10.9 Å². The van der Waals surface area contributed by atoms with Crippen LogP contribution in [0, 0.1) is 5.82 Å². The lowest BCUT2D eigenvalue weighted by Crippen LogP contribution is -2.07. The molecule has 0 aliphatic rings. The van der Waals surface area contributed by atoms with E-state index >= 15 is 0 Å². The van der Waals surface area contributed by atoms with Gasteiger partial charge in [-0.15, -0.1) is 0 Å². The van der Waals surface area contributed by atoms with Gasteiger partial charge < -0.3 is 0 Å². The lowest BCUT2D eigenvalue weighted by Gasteiger charge is -1.97. The molecule has 2 nitrogen and oxygen atoms in total. The van der Waals surface area contributed by atoms with Crippen LogP contribution >= 0.6 is 0 Å². The van der Waals surface area contributed by atoms with Crippen LogP contribution < -0.4 is 5.46 Å². The Balaban J connectivity index is 2.87. The van der Waals surface area contributed by atoms with Crippen LogP contribution in [0.3, 0.4) is 0 Å². The minimum atomic E-state index is -0.175. The summed E-state index contributed by atoms with van der Waals surface area (Å²) in [4.78, 5) is 0. The molecule has 0 spiro atoms. The van der Waals surface area contributed by atoms with Crippen molar-refractivity contribution < 1.29 is 4.39 Å². The SMILES string of the molecule is Bc1cc2cnn(C)c2cc1F. The summed E-state index contributed by atoms with van der Waals surface area (Å²) in [5.41, 5.74) is 1.49. The Kier molecular flexibility index (Phi) is 1.43. The number of benzene rings is 1. The van der Waals surface area contributed by atoms with Crippen molar-refractivity contribution in [2.24, 2.45) is 7.05 Å². The first-order valence-corrected chi connectivity index (χ1v) is 3.76. The fourth-order valence-corrected chi connectivity index (χ4v) is 1.29. The maximum Gasteiger partial charge on any atom is 0.143 e. The second-order valence-corrected chi connectivity index (χ2v) is 2.93. The van der Waals surface area contributed by atoms with E-state index in [1.807, 2.05) is 0 Å². The number of hydrogen-bond acceptors (Lipinski definition) is 1. The zero-order valence-electron chi connectivity index (χ0n) is 7.00. The van der Waals surface area contributed by atoms with Crippen LogP contribution in [0.4, 0.5) is 4.39 Å². The van der Waals surface area contributed by atoms with E-state index in [0.717, 1.165) is 10.9 Å². The van der Waals surface area contributed by atoms with Gasteiger partial charge in [-0.3, -0.25) is 4.68 Å². The average molecular weight is 162 g/mol. The molecule has 0 N–H and O–H groups in total. The van der Waals surface area contributed by atoms with Gasteiger partial charge >= 0.3 is 0 Å². The summed E-state index contributed by atoms with van der Waals surface area (Å²) >= 11 is 0. The summed E-state index contributed by atoms with van der Waals surface area (Å²) in [6.45, 7) is 0. The number of fused-ring (bicyclic) bond motifs is 1. The summed E-state index contributed by atoms with van der Waals surface area (Å²) in [6, 6.07) is 3.31. The second kappa shape index (κ2) is 2.34. The zero-order valence-corrected chi connectivity index (χ0v) is 7.00. The molecule has 0 fully saturated rings. The Morgan fingerprint density at radius 2 is 2.25 bits per heavy atom. The fourth-order valence-electron chi connectivity index (χ4n) is 1.29. The predicted molar refractivity (Wildman–Crippen MR) is 48.9 cm³/mol. The van der Waals surface area contributed by atoms with Crippen LogP contribution in [-0.4, -0.2) is 17.6 Å². The highest BCUT2D eigenvalue weighted by molar-refractivity contribution is 6.33. The molecule has 0 atom stereocenters. The Morgan fingerprint density at radius 1 is 1.50 bits per heavy atom. The Hall–Kier alpha value is -1.32. The van der Waals surface area contributed by atoms with E-state index in [1.165, 1.54) is 6.07 Å². The summed E-state index contributed by atoms with van der Waals surface area (Å²) in [7, 11) is 3.55. The van der Waals surface area contributed by atoms with Crippen molar-refractivity contribution in [1.82, 2.24) is 9.78 Å². The lowest BCUT2D eigenvalue weighted by molar-refractivity contribution is 0.636. The Morgan fingerprint density at radius 3 is 3.00 bits per heavy atom. The predicted octanol–water partition coefficient (Wildman–Crippen LogP) is -0.0292. The van der Waals surface area contributed by atoms with Crippen molar-refractivity contribution in [1.29, 1.82) is 0 Å². The van der Waals surface area contributed by atoms with Gasteiger partial charge in [0.25, 0.3) is 0 Å². The highest BCUT2D eigenvalue weighted by Crippen LogP contribution is 2.11. The van der Waals surface area contributed by atoms with E-state index in [1.54, 1.807) is 31.8 Å². The van der Waals surface area contributed by atoms with Gasteiger partial charge in [-0.25, -0.2) is 4.39 Å². The average Bonchev–Trinajstić information content (AvgIpc) is 2.35. The highest BCUT2D eigenvalue weighted by Gasteiger charge is 2.03. The molecule has 0 aliphatic carbocycles. The minimum Gasteiger partial charge on any atom is -0.268 e. The fraction of sp³-hybridized carbons (Fsp3) is 0.125. The number of aryl methyl sites for hydroxylation is 1. The van der Waals surface area contributed by atoms with Crippen molar-refractivity contribution in [3.05, 3.63) is 24.1 Å². The molecule has 4 heteroatoms. The van der Waals surface area contributed by atoms with Gasteiger partial charge in [0.1, 0.15) is 13.7 Å². The third kappa shape index (κ3) is 0.914. The van der Waals surface area contributed by atoms with Crippen LogP contribution in [0.2, 0.25) is 0 Å². The van der Waals surface area contributed by atoms with Gasteiger partial charge in [-0.1, -0.05) is 11.5 Å². The van der Waals surface area contributed by atoms with Gasteiger partial charge in [0.05, 0.1) is 11.7 Å². The van der Waals surface area contributed by atoms with E-state index in [-0.39, 0.29) is 5.82 Å². The van der Waals surface area contributed by atoms with Crippen LogP contribution in [0.1, 0.15) is 0 Å². The molecule has 1 aromatic carbocycles. The van der Waals surface area contributed by atoms with Crippen molar-refractivity contribution in [2.75, 3.05) is 0 Å². The molecule has 1 aromatic heterocycles. The molecule has 2 aromatic rings. The molecule has 0 amide bonds. The van der Waals surface area contributed by atoms with Crippen LogP contribution in [0.5, 0.6) is 0 Å². The van der Waals surface area contributed by atoms with E-state index in [2.05, 4.69) is 5.10 Å². The van der Waals surface area contributed by atoms with E-state index < -0.39 is 0 Å². The molecular weight excluding hydrogens is 154 g/mol. The lowest BCUT2D eigenvalue weighted by atomic mass is 9.94. The number of rotatable bonds is 0. The third-order valence-electron chi connectivity index (χ3n) is 2.03. The molecule has 0 saturated heterocycles. The van der Waals surface area contributed by atoms with E-state index in [0.29, 0.717) is 5.46 Å². The largest absolute Gasteiger partial charge is 0.268 e. The molecule has 60 valence electrons. The number of halogens is 1. The first-order chi connectivity index (χ1) is 5.68. The quantitative estimate of drug-likeness (QED) is 0.497. The normalized spacial score (nSPS) is 10.8. The van der Waals surface area contributed by atoms with E-state index in [9.17, 15) is 4.39 Å². The summed E-state index contributed by atoms with van der Waals surface area (Å²) < 4.78 is 14.7. The summed E-state index contributed by atoms with van der Waals surface area (Å²) in [5, 5.41) is 5.01. The van der Waals surface area contributed by atoms with Gasteiger partial charge in [0.15, 0.2) is 0 Å². The third-order valence-corrected chi connectivity index (χ3v) is 2.03. The molecule has 2 rings (SSSR count). The molecule has 1 heterocycles. The van der Waals surface area contributed by atoms with Crippen LogP contribution in [-0.2, 0) is 7.05 Å². The maximum atomic E-state index is 13.1. The van der Waals surface area contributed by atoms with Crippen LogP contribution in [0.15, 0.2) is 18.3 Å². The van der Waals surface area contributed by atoms with Crippen molar-refractivity contribution in [3.63, 3.8) is 0 Å². The van der Waals surface area contributed by atoms with Gasteiger partial charge in [0, 0.05) is 12.4 Å². The molecule has 0 unspecified atom stereocenters. The second-order valence-electron chi connectivity index (χ2n) is 2.93. The van der Waals surface area contributed by atoms with E-state index in [4.69, 9.17) is 0 Å². The summed E-state index contributed by atoms with van der Waals surface area (Å²) in [6.07, 6.45) is 1.74. The molecule has 0 radical (unpaired) electrons. The highest BCUT2D eigenvalue weighted by atomic mass is 19.1. The maximum absolute atomic E-state index is 13.1. The van der Waals surface area contributed by atoms with Crippen molar-refractivity contribution in [3.8, 4) is 0 Å². The summed E-state index contributed by atoms with van der Waals surface area (Å²) in [5.74, 6) is -0.175. The minimum absolute atomic E-state index is 0.175.